The van der Waals surface area contributed by atoms with Crippen molar-refractivity contribution in [1.82, 2.24) is 24.6 Å². The summed E-state index contributed by atoms with van der Waals surface area (Å²) < 4.78 is 1.89. The number of aryl methyl sites for hydroxylation is 2. The molecule has 0 radical (unpaired) electrons. The molecule has 0 spiro atoms. The Morgan fingerprint density at radius 3 is 2.52 bits per heavy atom. The van der Waals surface area contributed by atoms with E-state index < -0.39 is 0 Å². The third-order valence-corrected chi connectivity index (χ3v) is 6.13. The van der Waals surface area contributed by atoms with E-state index in [9.17, 15) is 4.79 Å². The van der Waals surface area contributed by atoms with E-state index in [2.05, 4.69) is 46.3 Å². The molecule has 3 aromatic rings. The molecule has 1 aliphatic rings. The lowest BCUT2D eigenvalue weighted by molar-refractivity contribution is -0.130. The number of hydrogen-bond acceptors (Lipinski definition) is 4. The van der Waals surface area contributed by atoms with Gasteiger partial charge in [-0.2, -0.15) is 5.10 Å². The molecule has 2 aromatic heterocycles. The highest BCUT2D eigenvalue weighted by molar-refractivity contribution is 5.77. The quantitative estimate of drug-likeness (QED) is 0.672. The van der Waals surface area contributed by atoms with Gasteiger partial charge in [-0.15, -0.1) is 0 Å². The predicted octanol–water partition coefficient (Wildman–Crippen LogP) is 3.17. The molecule has 1 amide bonds. The molecule has 150 valence electrons. The zero-order valence-electron chi connectivity index (χ0n) is 17.2. The number of aromatic nitrogens is 4. The summed E-state index contributed by atoms with van der Waals surface area (Å²) in [7, 11) is 1.95. The number of carbonyl (C=O) groups is 1. The summed E-state index contributed by atoms with van der Waals surface area (Å²) in [5.74, 6) is 0.633. The fourth-order valence-corrected chi connectivity index (χ4v) is 4.43. The molecule has 6 heteroatoms. The number of carbonyl (C=O) groups excluding carboxylic acids is 1. The molecule has 0 saturated carbocycles. The van der Waals surface area contributed by atoms with Gasteiger partial charge < -0.3 is 4.90 Å². The second-order valence-electron chi connectivity index (χ2n) is 7.83. The van der Waals surface area contributed by atoms with Crippen LogP contribution in [0.2, 0.25) is 0 Å². The van der Waals surface area contributed by atoms with Gasteiger partial charge in [0.15, 0.2) is 0 Å². The van der Waals surface area contributed by atoms with Crippen LogP contribution in [0.4, 0.5) is 0 Å². The third kappa shape index (κ3) is 3.92. The van der Waals surface area contributed by atoms with Crippen LogP contribution in [0.3, 0.4) is 0 Å². The molecule has 29 heavy (non-hydrogen) atoms. The Labute approximate surface area is 171 Å². The van der Waals surface area contributed by atoms with Gasteiger partial charge >= 0.3 is 0 Å². The molecule has 1 fully saturated rings. The van der Waals surface area contributed by atoms with E-state index >= 15 is 0 Å². The van der Waals surface area contributed by atoms with Gasteiger partial charge in [0.1, 0.15) is 6.33 Å². The molecule has 2 atom stereocenters. The average Bonchev–Trinajstić information content (AvgIpc) is 3.29. The van der Waals surface area contributed by atoms with Crippen LogP contribution >= 0.6 is 0 Å². The van der Waals surface area contributed by atoms with Gasteiger partial charge in [0.2, 0.25) is 5.91 Å². The first-order valence-corrected chi connectivity index (χ1v) is 10.1. The number of benzene rings is 1. The summed E-state index contributed by atoms with van der Waals surface area (Å²) in [6.45, 7) is 5.49. The van der Waals surface area contributed by atoms with Crippen molar-refractivity contribution in [3.05, 3.63) is 77.1 Å². The van der Waals surface area contributed by atoms with Gasteiger partial charge in [0.25, 0.3) is 0 Å². The van der Waals surface area contributed by atoms with E-state index in [0.29, 0.717) is 13.0 Å². The van der Waals surface area contributed by atoms with Crippen LogP contribution in [0.5, 0.6) is 0 Å². The lowest BCUT2D eigenvalue weighted by Gasteiger charge is -2.17. The van der Waals surface area contributed by atoms with Crippen molar-refractivity contribution in [2.24, 2.45) is 7.05 Å². The van der Waals surface area contributed by atoms with Crippen LogP contribution in [0.15, 0.2) is 48.9 Å². The molecule has 0 bridgehead atoms. The number of amides is 1. The van der Waals surface area contributed by atoms with Gasteiger partial charge in [0.05, 0.1) is 5.69 Å². The first-order chi connectivity index (χ1) is 14.0. The van der Waals surface area contributed by atoms with Crippen molar-refractivity contribution in [2.45, 2.75) is 38.5 Å². The summed E-state index contributed by atoms with van der Waals surface area (Å²) in [5, 5.41) is 4.47. The molecular formula is C23H27N5O. The highest BCUT2D eigenvalue weighted by atomic mass is 16.2. The fourth-order valence-electron chi connectivity index (χ4n) is 4.43. The van der Waals surface area contributed by atoms with Crippen molar-refractivity contribution >= 4 is 5.91 Å². The largest absolute Gasteiger partial charge is 0.341 e. The van der Waals surface area contributed by atoms with Crippen LogP contribution in [0.1, 0.15) is 46.5 Å². The van der Waals surface area contributed by atoms with E-state index in [1.54, 1.807) is 12.5 Å². The highest BCUT2D eigenvalue weighted by Crippen LogP contribution is 2.39. The summed E-state index contributed by atoms with van der Waals surface area (Å²) in [5.41, 5.74) is 5.60. The van der Waals surface area contributed by atoms with Gasteiger partial charge in [-0.1, -0.05) is 30.3 Å². The van der Waals surface area contributed by atoms with E-state index in [1.165, 1.54) is 11.1 Å². The van der Waals surface area contributed by atoms with Crippen LogP contribution in [0.25, 0.3) is 0 Å². The fraction of sp³-hybridized carbons (Fsp3) is 0.391. The monoisotopic (exact) mass is 389 g/mol. The second-order valence-corrected chi connectivity index (χ2v) is 7.83. The molecule has 0 N–H and O–H groups in total. The van der Waals surface area contributed by atoms with Crippen LogP contribution in [-0.4, -0.2) is 43.6 Å². The molecule has 1 aromatic carbocycles. The number of likely N-dealkylation sites (tertiary alicyclic amines) is 1. The zero-order chi connectivity index (χ0) is 20.4. The molecule has 3 heterocycles. The van der Waals surface area contributed by atoms with Crippen LogP contribution < -0.4 is 0 Å². The molecule has 1 aliphatic heterocycles. The molecule has 6 nitrogen and oxygen atoms in total. The maximum absolute atomic E-state index is 13.1. The SMILES string of the molecule is Cc1nn(C)c(C)c1CCC(=O)N1C[C@@H](c2ccccc2)[C@H](c2ccncn2)C1. The van der Waals surface area contributed by atoms with Crippen molar-refractivity contribution in [3.8, 4) is 0 Å². The number of nitrogens with zero attached hydrogens (tertiary/aromatic N) is 5. The Morgan fingerprint density at radius 1 is 1.10 bits per heavy atom. The summed E-state index contributed by atoms with van der Waals surface area (Å²) in [4.78, 5) is 23.6. The smallest absolute Gasteiger partial charge is 0.222 e. The minimum absolute atomic E-state index is 0.186. The highest BCUT2D eigenvalue weighted by Gasteiger charge is 2.37. The maximum Gasteiger partial charge on any atom is 0.222 e. The molecule has 1 saturated heterocycles. The van der Waals surface area contributed by atoms with Crippen LogP contribution in [0, 0.1) is 13.8 Å². The van der Waals surface area contributed by atoms with Gasteiger partial charge in [-0.3, -0.25) is 9.48 Å². The number of hydrogen-bond donors (Lipinski definition) is 0. The minimum atomic E-state index is 0.186. The van der Waals surface area contributed by atoms with Crippen LogP contribution in [-0.2, 0) is 18.3 Å². The number of rotatable bonds is 5. The lowest BCUT2D eigenvalue weighted by atomic mass is 9.87. The first-order valence-electron chi connectivity index (χ1n) is 10.1. The minimum Gasteiger partial charge on any atom is -0.341 e. The molecule has 0 unspecified atom stereocenters. The van der Waals surface area contributed by atoms with E-state index in [-0.39, 0.29) is 17.7 Å². The van der Waals surface area contributed by atoms with Gasteiger partial charge in [0, 0.05) is 56.0 Å². The summed E-state index contributed by atoms with van der Waals surface area (Å²) >= 11 is 0. The van der Waals surface area contributed by atoms with Crippen molar-refractivity contribution in [2.75, 3.05) is 13.1 Å². The maximum atomic E-state index is 13.1. The third-order valence-electron chi connectivity index (χ3n) is 6.13. The van der Waals surface area contributed by atoms with Crippen molar-refractivity contribution in [3.63, 3.8) is 0 Å². The Morgan fingerprint density at radius 2 is 1.86 bits per heavy atom. The second kappa shape index (κ2) is 8.15. The average molecular weight is 390 g/mol. The van der Waals surface area contributed by atoms with E-state index in [0.717, 1.165) is 30.0 Å². The predicted molar refractivity (Wildman–Crippen MR) is 112 cm³/mol. The van der Waals surface area contributed by atoms with Crippen molar-refractivity contribution in [1.29, 1.82) is 0 Å². The molecule has 4 rings (SSSR count). The normalized spacial score (nSPS) is 18.9. The summed E-state index contributed by atoms with van der Waals surface area (Å²) in [6, 6.07) is 12.4. The molecule has 0 aliphatic carbocycles. The van der Waals surface area contributed by atoms with E-state index in [4.69, 9.17) is 0 Å². The lowest BCUT2D eigenvalue weighted by Crippen LogP contribution is -2.29. The van der Waals surface area contributed by atoms with Gasteiger partial charge in [-0.05, 0) is 37.5 Å². The van der Waals surface area contributed by atoms with Crippen molar-refractivity contribution < 1.29 is 4.79 Å². The standard InChI is InChI=1S/C23H27N5O/c1-16-19(17(2)27(3)26-16)9-10-23(29)28-13-20(18-7-5-4-6-8-18)21(14-28)22-11-12-24-15-25-22/h4-8,11-12,15,20-21H,9-10,13-14H2,1-3H3/t20-,21+/m0/s1. The summed E-state index contributed by atoms with van der Waals surface area (Å²) in [6.07, 6.45) is 4.61. The van der Waals surface area contributed by atoms with E-state index in [1.807, 2.05) is 35.7 Å². The van der Waals surface area contributed by atoms with Gasteiger partial charge in [-0.25, -0.2) is 9.97 Å². The first kappa shape index (κ1) is 19.3. The Hall–Kier alpha value is -3.02. The zero-order valence-corrected chi connectivity index (χ0v) is 17.2. The molecular weight excluding hydrogens is 362 g/mol. The Balaban J connectivity index is 1.51. The Kier molecular flexibility index (Phi) is 5.43. The Bertz CT molecular complexity index is 936. The topological polar surface area (TPSA) is 63.9 Å².